The third kappa shape index (κ3) is 3.81. The lowest BCUT2D eigenvalue weighted by atomic mass is 10.1. The van der Waals surface area contributed by atoms with Crippen LogP contribution in [0.3, 0.4) is 0 Å². The van der Waals surface area contributed by atoms with E-state index in [4.69, 9.17) is 9.47 Å². The van der Waals surface area contributed by atoms with E-state index in [1.807, 2.05) is 6.07 Å². The Hall–Kier alpha value is -3.67. The molecule has 1 aromatic carbocycles. The largest absolute Gasteiger partial charge is 0.493 e. The molecule has 2 rings (SSSR count). The van der Waals surface area contributed by atoms with E-state index in [0.717, 1.165) is 0 Å². The van der Waals surface area contributed by atoms with Crippen molar-refractivity contribution in [3.05, 3.63) is 51.6 Å². The molecule has 1 heterocycles. The summed E-state index contributed by atoms with van der Waals surface area (Å²) in [5.74, 6) is 0.665. The second-order valence-electron chi connectivity index (χ2n) is 4.84. The third-order valence-electron chi connectivity index (χ3n) is 3.40. The Morgan fingerprint density at radius 2 is 2.08 bits per heavy atom. The number of carbonyl (C=O) groups excluding carboxylic acids is 1. The van der Waals surface area contributed by atoms with Gasteiger partial charge in [0.2, 0.25) is 0 Å². The minimum absolute atomic E-state index is 0.0517. The number of hydrogen-bond acceptors (Lipinski definition) is 7. The molecule has 25 heavy (non-hydrogen) atoms. The van der Waals surface area contributed by atoms with E-state index in [1.165, 1.54) is 49.4 Å². The Morgan fingerprint density at radius 3 is 2.64 bits per heavy atom. The quantitative estimate of drug-likeness (QED) is 0.327. The number of nitrogens with zero attached hydrogens (tertiary/aromatic N) is 4. The van der Waals surface area contributed by atoms with Gasteiger partial charge in [0.05, 0.1) is 49.0 Å². The first-order valence-electron chi connectivity index (χ1n) is 7.01. The average molecular weight is 342 g/mol. The molecule has 0 spiro atoms. The summed E-state index contributed by atoms with van der Waals surface area (Å²) in [6, 6.07) is 4.62. The number of rotatable bonds is 7. The minimum atomic E-state index is -0.573. The number of imidazole rings is 1. The number of aldehydes is 1. The zero-order valence-electron chi connectivity index (χ0n) is 13.5. The summed E-state index contributed by atoms with van der Waals surface area (Å²) in [5, 5.41) is 20.7. The first-order valence-corrected chi connectivity index (χ1v) is 7.01. The lowest BCUT2D eigenvalue weighted by Gasteiger charge is -2.09. The summed E-state index contributed by atoms with van der Waals surface area (Å²) in [4.78, 5) is 25.5. The van der Waals surface area contributed by atoms with Crippen LogP contribution in [0.15, 0.2) is 30.1 Å². The molecule has 2 aromatic rings. The molecule has 0 aliphatic heterocycles. The molecule has 128 valence electrons. The van der Waals surface area contributed by atoms with Gasteiger partial charge in [0.25, 0.3) is 5.69 Å². The van der Waals surface area contributed by atoms with Crippen LogP contribution in [0.1, 0.15) is 16.2 Å². The number of nitriles is 1. The molecule has 0 saturated heterocycles. The molecule has 0 N–H and O–H groups in total. The molecule has 0 aliphatic rings. The first-order chi connectivity index (χ1) is 12.0. The van der Waals surface area contributed by atoms with Gasteiger partial charge in [0, 0.05) is 12.4 Å². The SMILES string of the molecule is COc1cc(/C=C(\C#N)Cn2ccnc2C=O)c([N+](=O)[O-])cc1OC. The Bertz CT molecular complexity index is 879. The summed E-state index contributed by atoms with van der Waals surface area (Å²) < 4.78 is 11.7. The summed E-state index contributed by atoms with van der Waals surface area (Å²) in [6.45, 7) is 0.0517. The molecule has 0 saturated carbocycles. The maximum absolute atomic E-state index is 11.3. The van der Waals surface area contributed by atoms with Gasteiger partial charge in [-0.15, -0.1) is 0 Å². The molecule has 0 aliphatic carbocycles. The number of ether oxygens (including phenoxy) is 2. The summed E-state index contributed by atoms with van der Waals surface area (Å²) in [5.41, 5.74) is 0.162. The fourth-order valence-electron chi connectivity index (χ4n) is 2.21. The predicted octanol–water partition coefficient (Wildman–Crippen LogP) is 2.23. The van der Waals surface area contributed by atoms with Gasteiger partial charge < -0.3 is 14.0 Å². The third-order valence-corrected chi connectivity index (χ3v) is 3.40. The lowest BCUT2D eigenvalue weighted by molar-refractivity contribution is -0.385. The molecule has 0 fully saturated rings. The van der Waals surface area contributed by atoms with Crippen LogP contribution in [0.4, 0.5) is 5.69 Å². The minimum Gasteiger partial charge on any atom is -0.493 e. The van der Waals surface area contributed by atoms with Crippen molar-refractivity contribution in [3.63, 3.8) is 0 Å². The van der Waals surface area contributed by atoms with E-state index in [0.29, 0.717) is 12.0 Å². The topological polar surface area (TPSA) is 120 Å². The van der Waals surface area contributed by atoms with Crippen LogP contribution in [-0.4, -0.2) is 35.0 Å². The maximum Gasteiger partial charge on any atom is 0.280 e. The number of nitro groups is 1. The fraction of sp³-hybridized carbons (Fsp3) is 0.188. The van der Waals surface area contributed by atoms with E-state index < -0.39 is 4.92 Å². The average Bonchev–Trinajstić information content (AvgIpc) is 3.07. The molecule has 0 atom stereocenters. The van der Waals surface area contributed by atoms with Crippen LogP contribution < -0.4 is 9.47 Å². The summed E-state index contributed by atoms with van der Waals surface area (Å²) in [7, 11) is 2.78. The maximum atomic E-state index is 11.3. The first kappa shape index (κ1) is 17.7. The predicted molar refractivity (Wildman–Crippen MR) is 87.4 cm³/mol. The van der Waals surface area contributed by atoms with Crippen LogP contribution in [0.5, 0.6) is 11.5 Å². The normalized spacial score (nSPS) is 10.8. The van der Waals surface area contributed by atoms with Gasteiger partial charge in [-0.05, 0) is 12.1 Å². The molecule has 0 bridgehead atoms. The van der Waals surface area contributed by atoms with Crippen LogP contribution in [0, 0.1) is 21.4 Å². The van der Waals surface area contributed by atoms with Crippen molar-refractivity contribution < 1.29 is 19.2 Å². The highest BCUT2D eigenvalue weighted by molar-refractivity contribution is 5.71. The van der Waals surface area contributed by atoms with Crippen molar-refractivity contribution in [3.8, 4) is 17.6 Å². The standard InChI is InChI=1S/C16H14N4O5/c1-24-14-6-12(13(20(22)23)7-15(14)25-2)5-11(8-17)9-19-4-3-18-16(19)10-21/h3-7,10H,9H2,1-2H3/b11-5+. The number of nitro benzene ring substituents is 1. The second-order valence-corrected chi connectivity index (χ2v) is 4.84. The van der Waals surface area contributed by atoms with E-state index in [-0.39, 0.29) is 34.9 Å². The molecular formula is C16H14N4O5. The van der Waals surface area contributed by atoms with Crippen LogP contribution >= 0.6 is 0 Å². The smallest absolute Gasteiger partial charge is 0.280 e. The van der Waals surface area contributed by atoms with Crippen molar-refractivity contribution in [2.24, 2.45) is 0 Å². The Kier molecular flexibility index (Phi) is 5.47. The van der Waals surface area contributed by atoms with Gasteiger partial charge in [0.1, 0.15) is 0 Å². The van der Waals surface area contributed by atoms with Crippen molar-refractivity contribution in [2.75, 3.05) is 14.2 Å². The number of carbonyl (C=O) groups is 1. The molecular weight excluding hydrogens is 328 g/mol. The van der Waals surface area contributed by atoms with Crippen molar-refractivity contribution in [2.45, 2.75) is 6.54 Å². The van der Waals surface area contributed by atoms with Gasteiger partial charge in [-0.3, -0.25) is 14.9 Å². The summed E-state index contributed by atoms with van der Waals surface area (Å²) in [6.07, 6.45) is 4.90. The number of benzene rings is 1. The summed E-state index contributed by atoms with van der Waals surface area (Å²) >= 11 is 0. The molecule has 9 heteroatoms. The highest BCUT2D eigenvalue weighted by Crippen LogP contribution is 2.35. The Balaban J connectivity index is 2.51. The zero-order valence-corrected chi connectivity index (χ0v) is 13.5. The van der Waals surface area contributed by atoms with Crippen molar-refractivity contribution in [1.29, 1.82) is 5.26 Å². The second kappa shape index (κ2) is 7.74. The van der Waals surface area contributed by atoms with Gasteiger partial charge >= 0.3 is 0 Å². The molecule has 0 unspecified atom stereocenters. The van der Waals surface area contributed by atoms with Gasteiger partial charge in [-0.1, -0.05) is 0 Å². The Morgan fingerprint density at radius 1 is 1.40 bits per heavy atom. The zero-order chi connectivity index (χ0) is 18.4. The molecule has 0 radical (unpaired) electrons. The van der Waals surface area contributed by atoms with Gasteiger partial charge in [-0.25, -0.2) is 4.98 Å². The number of allylic oxidation sites excluding steroid dienone is 1. The lowest BCUT2D eigenvalue weighted by Crippen LogP contribution is -2.04. The molecule has 9 nitrogen and oxygen atoms in total. The van der Waals surface area contributed by atoms with Gasteiger partial charge in [0.15, 0.2) is 23.6 Å². The number of hydrogen-bond donors (Lipinski definition) is 0. The van der Waals surface area contributed by atoms with Crippen molar-refractivity contribution >= 4 is 18.0 Å². The van der Waals surface area contributed by atoms with Gasteiger partial charge in [-0.2, -0.15) is 5.26 Å². The van der Waals surface area contributed by atoms with Crippen molar-refractivity contribution in [1.82, 2.24) is 9.55 Å². The van der Waals surface area contributed by atoms with E-state index >= 15 is 0 Å². The van der Waals surface area contributed by atoms with Crippen LogP contribution in [0.2, 0.25) is 0 Å². The van der Waals surface area contributed by atoms with Crippen LogP contribution in [-0.2, 0) is 6.54 Å². The Labute approximate surface area is 142 Å². The highest BCUT2D eigenvalue weighted by atomic mass is 16.6. The van der Waals surface area contributed by atoms with Crippen LogP contribution in [0.25, 0.3) is 6.08 Å². The monoisotopic (exact) mass is 342 g/mol. The molecule has 1 aromatic heterocycles. The highest BCUT2D eigenvalue weighted by Gasteiger charge is 2.19. The fourth-order valence-corrected chi connectivity index (χ4v) is 2.21. The number of aromatic nitrogens is 2. The van der Waals surface area contributed by atoms with E-state index in [9.17, 15) is 20.2 Å². The number of methoxy groups -OCH3 is 2. The molecule has 0 amide bonds. The van der Waals surface area contributed by atoms with E-state index in [2.05, 4.69) is 4.98 Å². The van der Waals surface area contributed by atoms with E-state index in [1.54, 1.807) is 0 Å².